The van der Waals surface area contributed by atoms with Gasteiger partial charge in [0, 0.05) is 24.3 Å². The fourth-order valence-corrected chi connectivity index (χ4v) is 2.61. The van der Waals surface area contributed by atoms with Crippen LogP contribution >= 0.6 is 11.6 Å². The van der Waals surface area contributed by atoms with Gasteiger partial charge in [0.2, 0.25) is 5.28 Å². The van der Waals surface area contributed by atoms with Crippen LogP contribution in [0.2, 0.25) is 5.28 Å². The van der Waals surface area contributed by atoms with Crippen molar-refractivity contribution in [2.24, 2.45) is 0 Å². The van der Waals surface area contributed by atoms with Gasteiger partial charge in [-0.3, -0.25) is 0 Å². The highest BCUT2D eigenvalue weighted by atomic mass is 35.5. The van der Waals surface area contributed by atoms with Crippen LogP contribution in [0.4, 0.5) is 5.82 Å². The lowest BCUT2D eigenvalue weighted by Gasteiger charge is -2.36. The van der Waals surface area contributed by atoms with Gasteiger partial charge < -0.3 is 4.90 Å². The number of anilines is 1. The highest BCUT2D eigenvalue weighted by molar-refractivity contribution is 6.28. The molecule has 0 amide bonds. The van der Waals surface area contributed by atoms with Crippen LogP contribution in [-0.4, -0.2) is 22.6 Å². The molecule has 2 heterocycles. The van der Waals surface area contributed by atoms with Crippen LogP contribution in [0.5, 0.6) is 0 Å². The molecule has 1 unspecified atom stereocenters. The largest absolute Gasteiger partial charge is 0.353 e. The maximum absolute atomic E-state index is 5.91. The second-order valence-electron chi connectivity index (χ2n) is 4.39. The fourth-order valence-electron chi connectivity index (χ4n) is 2.39. The van der Waals surface area contributed by atoms with Crippen LogP contribution in [0.3, 0.4) is 0 Å². The van der Waals surface area contributed by atoms with Gasteiger partial charge in [-0.05, 0) is 44.2 Å². The lowest BCUT2D eigenvalue weighted by Crippen LogP contribution is -2.39. The van der Waals surface area contributed by atoms with Crippen molar-refractivity contribution in [1.29, 1.82) is 0 Å². The SMILES string of the molecule is CCC1CCCCN1c1cc(C)nc(Cl)n1. The molecule has 1 aromatic heterocycles. The molecule has 0 saturated carbocycles. The summed E-state index contributed by atoms with van der Waals surface area (Å²) in [7, 11) is 0. The predicted octanol–water partition coefficient (Wildman–Crippen LogP) is 3.21. The van der Waals surface area contributed by atoms with Crippen molar-refractivity contribution in [2.45, 2.75) is 45.6 Å². The van der Waals surface area contributed by atoms with Crippen molar-refractivity contribution in [3.8, 4) is 0 Å². The molecule has 1 fully saturated rings. The number of nitrogens with zero attached hydrogens (tertiary/aromatic N) is 3. The molecule has 3 nitrogen and oxygen atoms in total. The molecule has 0 aromatic carbocycles. The smallest absolute Gasteiger partial charge is 0.224 e. The molecule has 0 bridgehead atoms. The quantitative estimate of drug-likeness (QED) is 0.743. The molecule has 1 aliphatic heterocycles. The second kappa shape index (κ2) is 5.00. The fraction of sp³-hybridized carbons (Fsp3) is 0.667. The van der Waals surface area contributed by atoms with Crippen molar-refractivity contribution < 1.29 is 0 Å². The Labute approximate surface area is 102 Å². The standard InChI is InChI=1S/C12H18ClN3/c1-3-10-6-4-5-7-16(10)11-8-9(2)14-12(13)15-11/h8,10H,3-7H2,1-2H3. The number of hydrogen-bond donors (Lipinski definition) is 0. The van der Waals surface area contributed by atoms with Crippen LogP contribution in [0, 0.1) is 6.92 Å². The van der Waals surface area contributed by atoms with E-state index in [9.17, 15) is 0 Å². The van der Waals surface area contributed by atoms with Gasteiger partial charge in [-0.15, -0.1) is 0 Å². The van der Waals surface area contributed by atoms with Gasteiger partial charge in [0.15, 0.2) is 0 Å². The van der Waals surface area contributed by atoms with E-state index in [1.165, 1.54) is 25.7 Å². The first kappa shape index (κ1) is 11.6. The van der Waals surface area contributed by atoms with E-state index in [4.69, 9.17) is 11.6 Å². The number of rotatable bonds is 2. The molecular weight excluding hydrogens is 222 g/mol. The minimum absolute atomic E-state index is 0.357. The summed E-state index contributed by atoms with van der Waals surface area (Å²) in [5.74, 6) is 0.990. The van der Waals surface area contributed by atoms with Crippen LogP contribution in [0.1, 0.15) is 38.3 Å². The average molecular weight is 240 g/mol. The predicted molar refractivity (Wildman–Crippen MR) is 67.1 cm³/mol. The van der Waals surface area contributed by atoms with E-state index in [0.29, 0.717) is 11.3 Å². The third-order valence-corrected chi connectivity index (χ3v) is 3.38. The van der Waals surface area contributed by atoms with Gasteiger partial charge >= 0.3 is 0 Å². The van der Waals surface area contributed by atoms with Gasteiger partial charge in [-0.2, -0.15) is 0 Å². The average Bonchev–Trinajstić information content (AvgIpc) is 2.27. The lowest BCUT2D eigenvalue weighted by molar-refractivity contribution is 0.446. The van der Waals surface area contributed by atoms with Crippen molar-refractivity contribution in [3.05, 3.63) is 17.0 Å². The van der Waals surface area contributed by atoms with Gasteiger partial charge in [0.1, 0.15) is 5.82 Å². The van der Waals surface area contributed by atoms with E-state index in [0.717, 1.165) is 18.1 Å². The van der Waals surface area contributed by atoms with Crippen molar-refractivity contribution in [3.63, 3.8) is 0 Å². The maximum atomic E-state index is 5.91. The van der Waals surface area contributed by atoms with E-state index in [2.05, 4.69) is 21.8 Å². The van der Waals surface area contributed by atoms with E-state index < -0.39 is 0 Å². The van der Waals surface area contributed by atoms with Crippen LogP contribution in [0.15, 0.2) is 6.07 Å². The third-order valence-electron chi connectivity index (χ3n) is 3.21. The zero-order chi connectivity index (χ0) is 11.5. The summed E-state index contributed by atoms with van der Waals surface area (Å²) in [6.45, 7) is 5.28. The Morgan fingerprint density at radius 2 is 2.25 bits per heavy atom. The zero-order valence-corrected chi connectivity index (χ0v) is 10.7. The molecule has 16 heavy (non-hydrogen) atoms. The van der Waals surface area contributed by atoms with Crippen LogP contribution in [-0.2, 0) is 0 Å². The zero-order valence-electron chi connectivity index (χ0n) is 9.91. The molecule has 4 heteroatoms. The molecule has 0 N–H and O–H groups in total. The summed E-state index contributed by atoms with van der Waals surface area (Å²) >= 11 is 5.91. The Morgan fingerprint density at radius 3 is 2.94 bits per heavy atom. The Hall–Kier alpha value is -0.830. The number of aromatic nitrogens is 2. The Bertz CT molecular complexity index is 347. The van der Waals surface area contributed by atoms with Crippen molar-refractivity contribution in [2.75, 3.05) is 11.4 Å². The molecule has 0 aliphatic carbocycles. The summed E-state index contributed by atoms with van der Waals surface area (Å²) in [4.78, 5) is 10.8. The summed E-state index contributed by atoms with van der Waals surface area (Å²) in [5.41, 5.74) is 0.940. The van der Waals surface area contributed by atoms with E-state index in [-0.39, 0.29) is 0 Å². The third kappa shape index (κ3) is 2.46. The Morgan fingerprint density at radius 1 is 1.44 bits per heavy atom. The van der Waals surface area contributed by atoms with Crippen LogP contribution in [0.25, 0.3) is 0 Å². The molecule has 1 aromatic rings. The molecule has 2 rings (SSSR count). The molecule has 1 atom stereocenters. The number of hydrogen-bond acceptors (Lipinski definition) is 3. The number of aryl methyl sites for hydroxylation is 1. The minimum Gasteiger partial charge on any atom is -0.353 e. The summed E-state index contributed by atoms with van der Waals surface area (Å²) in [5, 5.41) is 0.357. The van der Waals surface area contributed by atoms with Gasteiger partial charge in [0.05, 0.1) is 0 Å². The first-order chi connectivity index (χ1) is 7.70. The highest BCUT2D eigenvalue weighted by Gasteiger charge is 2.22. The van der Waals surface area contributed by atoms with Crippen LogP contribution < -0.4 is 4.90 Å². The van der Waals surface area contributed by atoms with E-state index in [1.807, 2.05) is 13.0 Å². The molecule has 0 spiro atoms. The molecule has 1 aliphatic rings. The topological polar surface area (TPSA) is 29.0 Å². The minimum atomic E-state index is 0.357. The molecular formula is C12H18ClN3. The van der Waals surface area contributed by atoms with E-state index in [1.54, 1.807) is 0 Å². The maximum Gasteiger partial charge on any atom is 0.224 e. The van der Waals surface area contributed by atoms with Gasteiger partial charge in [-0.1, -0.05) is 6.92 Å². The molecule has 0 radical (unpaired) electrons. The summed E-state index contributed by atoms with van der Waals surface area (Å²) in [6.07, 6.45) is 5.00. The molecule has 1 saturated heterocycles. The first-order valence-corrected chi connectivity index (χ1v) is 6.36. The number of piperidine rings is 1. The normalized spacial score (nSPS) is 21.2. The monoisotopic (exact) mass is 239 g/mol. The van der Waals surface area contributed by atoms with Crippen molar-refractivity contribution in [1.82, 2.24) is 9.97 Å². The van der Waals surface area contributed by atoms with Gasteiger partial charge in [0.25, 0.3) is 0 Å². The number of halogens is 1. The second-order valence-corrected chi connectivity index (χ2v) is 4.73. The summed E-state index contributed by atoms with van der Waals surface area (Å²) in [6, 6.07) is 2.64. The van der Waals surface area contributed by atoms with E-state index >= 15 is 0 Å². The van der Waals surface area contributed by atoms with Crippen molar-refractivity contribution >= 4 is 17.4 Å². The lowest BCUT2D eigenvalue weighted by atomic mass is 10.00. The molecule has 88 valence electrons. The van der Waals surface area contributed by atoms with Gasteiger partial charge in [-0.25, -0.2) is 9.97 Å². The summed E-state index contributed by atoms with van der Waals surface area (Å²) < 4.78 is 0. The highest BCUT2D eigenvalue weighted by Crippen LogP contribution is 2.25. The Balaban J connectivity index is 2.26. The first-order valence-electron chi connectivity index (χ1n) is 5.98. The Kier molecular flexibility index (Phi) is 3.64.